The number of dihydropyridines is 1. The molecule has 2 aromatic carbocycles. The number of likely N-dealkylation sites (tertiary alicyclic amines) is 1. The van der Waals surface area contributed by atoms with Crippen LogP contribution < -0.4 is 16.2 Å². The SMILES string of the molecule is NC1N=CC=CC1(N)Cc1cc(-c2ccc3cc[nH]c3c2)ccc1OCCN1CCCC1. The number of hydrogen-bond acceptors (Lipinski definition) is 5. The van der Waals surface area contributed by atoms with Crippen LogP contribution in [0.4, 0.5) is 0 Å². The highest BCUT2D eigenvalue weighted by atomic mass is 16.5. The van der Waals surface area contributed by atoms with Gasteiger partial charge in [0, 0.05) is 30.9 Å². The fourth-order valence-electron chi connectivity index (χ4n) is 4.65. The minimum atomic E-state index is -0.746. The monoisotopic (exact) mass is 429 g/mol. The molecule has 0 spiro atoms. The number of nitrogens with one attached hydrogen (secondary N) is 1. The fourth-order valence-corrected chi connectivity index (χ4v) is 4.65. The van der Waals surface area contributed by atoms with E-state index in [0.717, 1.165) is 34.5 Å². The third kappa shape index (κ3) is 4.35. The summed E-state index contributed by atoms with van der Waals surface area (Å²) in [6.45, 7) is 3.94. The average Bonchev–Trinajstić information content (AvgIpc) is 3.48. The number of H-pyrrole nitrogens is 1. The van der Waals surface area contributed by atoms with Gasteiger partial charge in [-0.15, -0.1) is 0 Å². The van der Waals surface area contributed by atoms with Crippen LogP contribution >= 0.6 is 0 Å². The van der Waals surface area contributed by atoms with E-state index in [2.05, 4.69) is 57.3 Å². The lowest BCUT2D eigenvalue weighted by atomic mass is 9.86. The van der Waals surface area contributed by atoms with Crippen molar-refractivity contribution in [1.82, 2.24) is 9.88 Å². The maximum atomic E-state index is 6.69. The molecule has 2 aliphatic rings. The van der Waals surface area contributed by atoms with Gasteiger partial charge in [0.1, 0.15) is 18.5 Å². The molecule has 0 radical (unpaired) electrons. The van der Waals surface area contributed by atoms with Crippen molar-refractivity contribution in [2.24, 2.45) is 16.5 Å². The average molecular weight is 430 g/mol. The zero-order valence-electron chi connectivity index (χ0n) is 18.3. The number of fused-ring (bicyclic) bond motifs is 1. The van der Waals surface area contributed by atoms with Crippen molar-refractivity contribution in [3.05, 3.63) is 66.4 Å². The molecule has 32 heavy (non-hydrogen) atoms. The molecule has 6 heteroatoms. The molecule has 2 unspecified atom stereocenters. The largest absolute Gasteiger partial charge is 0.492 e. The number of allylic oxidation sites excluding steroid dienone is 1. The predicted molar refractivity (Wildman–Crippen MR) is 131 cm³/mol. The van der Waals surface area contributed by atoms with Gasteiger partial charge in [-0.25, -0.2) is 0 Å². The maximum absolute atomic E-state index is 6.69. The highest BCUT2D eigenvalue weighted by Gasteiger charge is 2.32. The minimum Gasteiger partial charge on any atom is -0.492 e. The van der Waals surface area contributed by atoms with E-state index in [0.29, 0.717) is 13.0 Å². The Labute approximate surface area is 189 Å². The normalized spacial score (nSPS) is 23.2. The Morgan fingerprint density at radius 2 is 1.91 bits per heavy atom. The molecular weight excluding hydrogens is 398 g/mol. The Morgan fingerprint density at radius 1 is 1.09 bits per heavy atom. The molecule has 0 bridgehead atoms. The third-order valence-electron chi connectivity index (χ3n) is 6.60. The summed E-state index contributed by atoms with van der Waals surface area (Å²) in [5.74, 6) is 0.869. The van der Waals surface area contributed by atoms with E-state index >= 15 is 0 Å². The van der Waals surface area contributed by atoms with E-state index in [9.17, 15) is 0 Å². The Balaban J connectivity index is 1.43. The second kappa shape index (κ2) is 8.90. The van der Waals surface area contributed by atoms with Gasteiger partial charge in [0.15, 0.2) is 0 Å². The van der Waals surface area contributed by atoms with Crippen molar-refractivity contribution in [1.29, 1.82) is 0 Å². The summed E-state index contributed by atoms with van der Waals surface area (Å²) in [5, 5.41) is 1.20. The molecule has 1 aromatic heterocycles. The maximum Gasteiger partial charge on any atom is 0.122 e. The van der Waals surface area contributed by atoms with Gasteiger partial charge in [-0.2, -0.15) is 0 Å². The quantitative estimate of drug-likeness (QED) is 0.536. The Kier molecular flexibility index (Phi) is 5.83. The summed E-state index contributed by atoms with van der Waals surface area (Å²) in [7, 11) is 0. The smallest absolute Gasteiger partial charge is 0.122 e. The van der Waals surface area contributed by atoms with Crippen molar-refractivity contribution in [3.63, 3.8) is 0 Å². The fraction of sp³-hybridized carbons (Fsp3) is 0.346. The van der Waals surface area contributed by atoms with E-state index in [1.54, 1.807) is 6.21 Å². The number of nitrogens with two attached hydrogens (primary N) is 2. The van der Waals surface area contributed by atoms with Gasteiger partial charge in [-0.1, -0.05) is 24.3 Å². The molecule has 3 heterocycles. The highest BCUT2D eigenvalue weighted by Crippen LogP contribution is 2.32. The summed E-state index contributed by atoms with van der Waals surface area (Å²) in [6, 6.07) is 14.9. The number of aliphatic imine (C=N–C) groups is 1. The van der Waals surface area contributed by atoms with Gasteiger partial charge in [0.25, 0.3) is 0 Å². The van der Waals surface area contributed by atoms with Gasteiger partial charge >= 0.3 is 0 Å². The summed E-state index contributed by atoms with van der Waals surface area (Å²) in [5.41, 5.74) is 16.7. The second-order valence-corrected chi connectivity index (χ2v) is 8.89. The molecule has 2 aliphatic heterocycles. The molecule has 0 amide bonds. The molecule has 166 valence electrons. The molecule has 1 fully saturated rings. The van der Waals surface area contributed by atoms with Crippen LogP contribution in [0, 0.1) is 0 Å². The summed E-state index contributed by atoms with van der Waals surface area (Å²) in [4.78, 5) is 10.1. The third-order valence-corrected chi connectivity index (χ3v) is 6.60. The molecule has 1 saturated heterocycles. The van der Waals surface area contributed by atoms with Crippen LogP contribution in [0.3, 0.4) is 0 Å². The standard InChI is InChI=1S/C26H31N5O/c27-25-26(28,9-3-10-30-25)18-22-16-20(21-5-4-19-8-11-29-23(19)17-21)6-7-24(22)32-15-14-31-12-1-2-13-31/h3-11,16-17,25,29H,1-2,12-15,18,27-28H2. The lowest BCUT2D eigenvalue weighted by Crippen LogP contribution is -2.55. The number of ether oxygens (including phenoxy) is 1. The van der Waals surface area contributed by atoms with E-state index in [1.807, 2.05) is 18.3 Å². The lowest BCUT2D eigenvalue weighted by Gasteiger charge is -2.32. The first-order chi connectivity index (χ1) is 15.6. The van der Waals surface area contributed by atoms with E-state index in [1.165, 1.54) is 31.3 Å². The van der Waals surface area contributed by atoms with Gasteiger partial charge in [-0.05, 0) is 78.3 Å². The Morgan fingerprint density at radius 3 is 2.75 bits per heavy atom. The van der Waals surface area contributed by atoms with Crippen LogP contribution in [-0.4, -0.2) is 54.0 Å². The molecule has 5 N–H and O–H groups in total. The summed E-state index contributed by atoms with van der Waals surface area (Å²) < 4.78 is 6.26. The van der Waals surface area contributed by atoms with Crippen LogP contribution in [0.5, 0.6) is 5.75 Å². The van der Waals surface area contributed by atoms with Crippen LogP contribution in [-0.2, 0) is 6.42 Å². The first kappa shape index (κ1) is 20.9. The van der Waals surface area contributed by atoms with Gasteiger partial charge in [-0.3, -0.25) is 9.89 Å². The van der Waals surface area contributed by atoms with Crippen molar-refractivity contribution >= 4 is 17.1 Å². The molecule has 6 nitrogen and oxygen atoms in total. The lowest BCUT2D eigenvalue weighted by molar-refractivity contribution is 0.235. The molecule has 5 rings (SSSR count). The molecule has 2 atom stereocenters. The topological polar surface area (TPSA) is 92.7 Å². The van der Waals surface area contributed by atoms with Crippen LogP contribution in [0.1, 0.15) is 18.4 Å². The van der Waals surface area contributed by atoms with Gasteiger partial charge < -0.3 is 21.2 Å². The van der Waals surface area contributed by atoms with Crippen LogP contribution in [0.2, 0.25) is 0 Å². The molecular formula is C26H31N5O. The first-order valence-corrected chi connectivity index (χ1v) is 11.4. The van der Waals surface area contributed by atoms with E-state index in [4.69, 9.17) is 16.2 Å². The molecule has 0 aliphatic carbocycles. The first-order valence-electron chi connectivity index (χ1n) is 11.4. The second-order valence-electron chi connectivity index (χ2n) is 8.89. The number of nitrogens with zero attached hydrogens (tertiary/aromatic N) is 2. The highest BCUT2D eigenvalue weighted by molar-refractivity contribution is 5.85. The summed E-state index contributed by atoms with van der Waals surface area (Å²) >= 11 is 0. The van der Waals surface area contributed by atoms with Crippen LogP contribution in [0.25, 0.3) is 22.0 Å². The van der Waals surface area contributed by atoms with Gasteiger partial charge in [0.05, 0.1) is 5.54 Å². The van der Waals surface area contributed by atoms with Crippen molar-refractivity contribution in [3.8, 4) is 16.9 Å². The van der Waals surface area contributed by atoms with E-state index in [-0.39, 0.29) is 0 Å². The van der Waals surface area contributed by atoms with E-state index < -0.39 is 11.7 Å². The van der Waals surface area contributed by atoms with Gasteiger partial charge in [0.2, 0.25) is 0 Å². The Hall–Kier alpha value is -2.93. The zero-order chi connectivity index (χ0) is 22.0. The molecule has 0 saturated carbocycles. The zero-order valence-corrected chi connectivity index (χ0v) is 18.3. The number of rotatable bonds is 7. The van der Waals surface area contributed by atoms with Crippen molar-refractivity contribution in [2.75, 3.05) is 26.2 Å². The van der Waals surface area contributed by atoms with Crippen molar-refractivity contribution < 1.29 is 4.74 Å². The number of aromatic amines is 1. The minimum absolute atomic E-state index is 0.483. The number of aromatic nitrogens is 1. The number of hydrogen-bond donors (Lipinski definition) is 3. The van der Waals surface area contributed by atoms with Crippen LogP contribution in [0.15, 0.2) is 65.8 Å². The molecule has 3 aromatic rings. The predicted octanol–water partition coefficient (Wildman–Crippen LogP) is 3.47. The Bertz CT molecular complexity index is 1140. The summed E-state index contributed by atoms with van der Waals surface area (Å²) in [6.07, 6.45) is 10.1. The number of benzene rings is 2. The van der Waals surface area contributed by atoms with Crippen molar-refractivity contribution in [2.45, 2.75) is 31.0 Å².